The molecule has 2 rings (SSSR count). The summed E-state index contributed by atoms with van der Waals surface area (Å²) in [7, 11) is 1.27. The van der Waals surface area contributed by atoms with E-state index >= 15 is 0 Å². The van der Waals surface area contributed by atoms with Crippen molar-refractivity contribution in [3.8, 4) is 10.8 Å². The van der Waals surface area contributed by atoms with Crippen LogP contribution in [0.4, 0.5) is 0 Å². The maximum Gasteiger partial charge on any atom is 0.351 e. The van der Waals surface area contributed by atoms with Crippen molar-refractivity contribution in [2.45, 2.75) is 0 Å². The third kappa shape index (κ3) is 1.71. The second-order valence-electron chi connectivity index (χ2n) is 2.74. The van der Waals surface area contributed by atoms with E-state index < -0.39 is 5.97 Å². The molecule has 2 heterocycles. The Morgan fingerprint density at radius 3 is 3.07 bits per heavy atom. The van der Waals surface area contributed by atoms with Gasteiger partial charge in [-0.05, 0) is 6.07 Å². The fourth-order valence-corrected chi connectivity index (χ4v) is 2.03. The molecule has 0 aliphatic carbocycles. The Balaban J connectivity index is 2.41. The predicted octanol–water partition coefficient (Wildman–Crippen LogP) is 1.43. The van der Waals surface area contributed by atoms with Gasteiger partial charge in [-0.15, -0.1) is 11.3 Å². The van der Waals surface area contributed by atoms with Crippen LogP contribution in [-0.4, -0.2) is 28.0 Å². The summed E-state index contributed by atoms with van der Waals surface area (Å²) >= 11 is 1.13. The maximum absolute atomic E-state index is 11.2. The Morgan fingerprint density at radius 1 is 1.67 bits per heavy atom. The van der Waals surface area contributed by atoms with E-state index in [1.54, 1.807) is 23.1 Å². The first-order valence-corrected chi connectivity index (χ1v) is 4.95. The largest absolute Gasteiger partial charge is 0.506 e. The van der Waals surface area contributed by atoms with Crippen LogP contribution in [0.25, 0.3) is 5.00 Å². The normalized spacial score (nSPS) is 10.2. The zero-order chi connectivity index (χ0) is 10.8. The van der Waals surface area contributed by atoms with Crippen LogP contribution in [0.15, 0.2) is 24.5 Å². The molecule has 0 atom stereocenters. The molecule has 0 fully saturated rings. The van der Waals surface area contributed by atoms with E-state index in [2.05, 4.69) is 9.84 Å². The van der Waals surface area contributed by atoms with Gasteiger partial charge in [-0.25, -0.2) is 9.48 Å². The first kappa shape index (κ1) is 9.72. The first-order chi connectivity index (χ1) is 7.22. The van der Waals surface area contributed by atoms with Gasteiger partial charge in [-0.3, -0.25) is 0 Å². The summed E-state index contributed by atoms with van der Waals surface area (Å²) < 4.78 is 6.10. The minimum atomic E-state index is -0.545. The van der Waals surface area contributed by atoms with Crippen molar-refractivity contribution in [3.63, 3.8) is 0 Å². The van der Waals surface area contributed by atoms with Gasteiger partial charge in [0.15, 0.2) is 4.88 Å². The summed E-state index contributed by atoms with van der Waals surface area (Å²) in [5, 5.41) is 14.2. The Hall–Kier alpha value is -1.82. The number of esters is 1. The van der Waals surface area contributed by atoms with Gasteiger partial charge in [0.05, 0.1) is 7.11 Å². The van der Waals surface area contributed by atoms with Gasteiger partial charge < -0.3 is 9.84 Å². The Labute approximate surface area is 89.5 Å². The zero-order valence-electron chi connectivity index (χ0n) is 7.88. The van der Waals surface area contributed by atoms with Crippen LogP contribution in [0, 0.1) is 0 Å². The van der Waals surface area contributed by atoms with Gasteiger partial charge >= 0.3 is 5.97 Å². The van der Waals surface area contributed by atoms with E-state index in [1.165, 1.54) is 13.2 Å². The highest BCUT2D eigenvalue weighted by Gasteiger charge is 2.17. The number of aromatic nitrogens is 2. The topological polar surface area (TPSA) is 64.4 Å². The highest BCUT2D eigenvalue weighted by atomic mass is 32.1. The van der Waals surface area contributed by atoms with Crippen molar-refractivity contribution in [3.05, 3.63) is 29.4 Å². The zero-order valence-corrected chi connectivity index (χ0v) is 8.69. The van der Waals surface area contributed by atoms with Crippen LogP contribution in [-0.2, 0) is 4.74 Å². The van der Waals surface area contributed by atoms with Gasteiger partial charge in [0.1, 0.15) is 10.8 Å². The average molecular weight is 224 g/mol. The standard InChI is InChI=1S/C9H8N2O3S/c1-14-9(13)8-6(12)5-7(15-8)11-4-2-3-10-11/h2-5,12H,1H3. The third-order valence-corrected chi connectivity index (χ3v) is 2.89. The molecule has 0 aromatic carbocycles. The number of carbonyl (C=O) groups excluding carboxylic acids is 1. The highest BCUT2D eigenvalue weighted by Crippen LogP contribution is 2.30. The van der Waals surface area contributed by atoms with Crippen LogP contribution in [0.2, 0.25) is 0 Å². The van der Waals surface area contributed by atoms with E-state index in [4.69, 9.17) is 0 Å². The lowest BCUT2D eigenvalue weighted by molar-refractivity contribution is 0.0603. The second kappa shape index (κ2) is 3.74. The van der Waals surface area contributed by atoms with Crippen molar-refractivity contribution in [1.82, 2.24) is 9.78 Å². The molecule has 78 valence electrons. The molecule has 1 N–H and O–H groups in total. The Morgan fingerprint density at radius 2 is 2.47 bits per heavy atom. The number of rotatable bonds is 2. The SMILES string of the molecule is COC(=O)c1sc(-n2cccn2)cc1O. The van der Waals surface area contributed by atoms with Crippen LogP contribution < -0.4 is 0 Å². The van der Waals surface area contributed by atoms with Crippen LogP contribution in [0.1, 0.15) is 9.67 Å². The molecular weight excluding hydrogens is 216 g/mol. The number of nitrogens with zero attached hydrogens (tertiary/aromatic N) is 2. The maximum atomic E-state index is 11.2. The van der Waals surface area contributed by atoms with Crippen LogP contribution in [0.5, 0.6) is 5.75 Å². The van der Waals surface area contributed by atoms with Crippen molar-refractivity contribution in [1.29, 1.82) is 0 Å². The van der Waals surface area contributed by atoms with Gasteiger partial charge in [-0.1, -0.05) is 0 Å². The summed E-state index contributed by atoms with van der Waals surface area (Å²) in [6.45, 7) is 0. The van der Waals surface area contributed by atoms with E-state index in [0.717, 1.165) is 11.3 Å². The molecule has 2 aromatic rings. The molecule has 0 spiro atoms. The molecule has 0 bridgehead atoms. The van der Waals surface area contributed by atoms with Crippen molar-refractivity contribution in [2.24, 2.45) is 0 Å². The molecular formula is C9H8N2O3S. The van der Waals surface area contributed by atoms with E-state index in [-0.39, 0.29) is 10.6 Å². The summed E-state index contributed by atoms with van der Waals surface area (Å²) in [4.78, 5) is 11.4. The number of methoxy groups -OCH3 is 1. The molecule has 0 aliphatic rings. The molecule has 2 aromatic heterocycles. The summed E-state index contributed by atoms with van der Waals surface area (Å²) in [5.74, 6) is -0.631. The lowest BCUT2D eigenvalue weighted by Crippen LogP contribution is -1.97. The smallest absolute Gasteiger partial charge is 0.351 e. The van der Waals surface area contributed by atoms with Crippen molar-refractivity contribution >= 4 is 17.3 Å². The molecule has 0 saturated carbocycles. The van der Waals surface area contributed by atoms with E-state index in [1.807, 2.05) is 0 Å². The minimum Gasteiger partial charge on any atom is -0.506 e. The lowest BCUT2D eigenvalue weighted by atomic mass is 10.4. The summed E-state index contributed by atoms with van der Waals surface area (Å²) in [5.41, 5.74) is 0. The van der Waals surface area contributed by atoms with Gasteiger partial charge in [-0.2, -0.15) is 5.10 Å². The molecule has 0 amide bonds. The van der Waals surface area contributed by atoms with Crippen molar-refractivity contribution < 1.29 is 14.6 Å². The third-order valence-electron chi connectivity index (χ3n) is 1.80. The number of aromatic hydroxyl groups is 1. The number of carbonyl (C=O) groups is 1. The Bertz CT molecular complexity index is 476. The van der Waals surface area contributed by atoms with Gasteiger partial charge in [0.25, 0.3) is 0 Å². The monoisotopic (exact) mass is 224 g/mol. The number of hydrogen-bond donors (Lipinski definition) is 1. The molecule has 5 nitrogen and oxygen atoms in total. The molecule has 0 unspecified atom stereocenters. The lowest BCUT2D eigenvalue weighted by Gasteiger charge is -1.94. The summed E-state index contributed by atoms with van der Waals surface area (Å²) in [6, 6.07) is 3.23. The quantitative estimate of drug-likeness (QED) is 0.784. The van der Waals surface area contributed by atoms with Gasteiger partial charge in [0.2, 0.25) is 0 Å². The van der Waals surface area contributed by atoms with Crippen LogP contribution in [0.3, 0.4) is 0 Å². The number of thiophene rings is 1. The molecule has 15 heavy (non-hydrogen) atoms. The molecule has 0 aliphatic heterocycles. The molecule has 0 saturated heterocycles. The minimum absolute atomic E-state index is 0.0858. The fourth-order valence-electron chi connectivity index (χ4n) is 1.12. The predicted molar refractivity (Wildman–Crippen MR) is 54.4 cm³/mol. The van der Waals surface area contributed by atoms with E-state index in [9.17, 15) is 9.90 Å². The molecule has 6 heteroatoms. The molecule has 0 radical (unpaired) electrons. The highest BCUT2D eigenvalue weighted by molar-refractivity contribution is 7.16. The Kier molecular flexibility index (Phi) is 2.42. The van der Waals surface area contributed by atoms with E-state index in [0.29, 0.717) is 5.00 Å². The second-order valence-corrected chi connectivity index (χ2v) is 3.77. The number of hydrogen-bond acceptors (Lipinski definition) is 5. The fraction of sp³-hybridized carbons (Fsp3) is 0.111. The van der Waals surface area contributed by atoms with Crippen molar-refractivity contribution in [2.75, 3.05) is 7.11 Å². The van der Waals surface area contributed by atoms with Crippen LogP contribution >= 0.6 is 11.3 Å². The first-order valence-electron chi connectivity index (χ1n) is 4.13. The van der Waals surface area contributed by atoms with Gasteiger partial charge in [0, 0.05) is 18.5 Å². The number of ether oxygens (including phenoxy) is 1. The summed E-state index contributed by atoms with van der Waals surface area (Å²) in [6.07, 6.45) is 3.35. The average Bonchev–Trinajstić information content (AvgIpc) is 2.84.